The fourth-order valence-electron chi connectivity index (χ4n) is 0.619. The first-order valence-corrected chi connectivity index (χ1v) is 4.15. The second-order valence-electron chi connectivity index (χ2n) is 2.10. The molecule has 0 heterocycles. The van der Waals surface area contributed by atoms with E-state index in [1.54, 1.807) is 0 Å². The van der Waals surface area contributed by atoms with E-state index in [2.05, 4.69) is 0 Å². The molecular weight excluding hydrogens is 151 g/mol. The lowest BCUT2D eigenvalue weighted by Gasteiger charge is -1.99. The zero-order valence-corrected chi connectivity index (χ0v) is 6.80. The Kier molecular flexibility index (Phi) is 5.13. The molecule has 0 rings (SSSR count). The molecule has 0 amide bonds. The van der Waals surface area contributed by atoms with Gasteiger partial charge in [0, 0.05) is 0 Å². The lowest BCUT2D eigenvalue weighted by molar-refractivity contribution is -0.136. The Hall–Kier alpha value is -0.430. The van der Waals surface area contributed by atoms with E-state index in [0.717, 1.165) is 12.8 Å². The number of carboxylic acids is 1. The molecule has 0 radical (unpaired) electrons. The van der Waals surface area contributed by atoms with E-state index in [0.29, 0.717) is 6.42 Å². The van der Waals surface area contributed by atoms with Gasteiger partial charge in [0.05, 0.1) is 0 Å². The van der Waals surface area contributed by atoms with Gasteiger partial charge < -0.3 is 5.11 Å². The smallest absolute Gasteiger partial charge is 0.318 e. The summed E-state index contributed by atoms with van der Waals surface area (Å²) in [5.74, 6) is -0.967. The summed E-state index contributed by atoms with van der Waals surface area (Å²) < 4.78 is 10.2. The van der Waals surface area contributed by atoms with Crippen molar-refractivity contribution in [2.45, 2.75) is 31.8 Å². The van der Waals surface area contributed by atoms with Crippen LogP contribution in [-0.4, -0.2) is 16.7 Å². The van der Waals surface area contributed by atoms with Crippen LogP contribution in [0.15, 0.2) is 0 Å². The second-order valence-corrected chi connectivity index (χ2v) is 2.94. The molecule has 3 nitrogen and oxygen atoms in total. The summed E-state index contributed by atoms with van der Waals surface area (Å²) in [4.78, 5) is 10.2. The molecule has 58 valence electrons. The van der Waals surface area contributed by atoms with Gasteiger partial charge in [0.2, 0.25) is 0 Å². The van der Waals surface area contributed by atoms with Gasteiger partial charge in [-0.3, -0.25) is 9.36 Å². The first-order chi connectivity index (χ1) is 4.72. The van der Waals surface area contributed by atoms with Crippen LogP contribution in [0, 0.1) is 0 Å². The normalized spacial score (nSPS) is 13.3. The van der Waals surface area contributed by atoms with Crippen LogP contribution < -0.4 is 0 Å². The predicted octanol–water partition coefficient (Wildman–Crippen LogP) is 1.92. The summed E-state index contributed by atoms with van der Waals surface area (Å²) in [6.45, 7) is 1.97. The van der Waals surface area contributed by atoms with Crippen molar-refractivity contribution < 1.29 is 14.5 Å². The van der Waals surface area contributed by atoms with Gasteiger partial charge in [-0.1, -0.05) is 19.8 Å². The van der Waals surface area contributed by atoms with Crippen molar-refractivity contribution in [3.8, 4) is 0 Å². The maximum Gasteiger partial charge on any atom is 0.318 e. The van der Waals surface area contributed by atoms with E-state index < -0.39 is 11.6 Å². The highest BCUT2D eigenvalue weighted by atomic mass is 31.1. The Morgan fingerprint density at radius 2 is 2.30 bits per heavy atom. The van der Waals surface area contributed by atoms with E-state index >= 15 is 0 Å². The van der Waals surface area contributed by atoms with E-state index in [1.807, 2.05) is 6.92 Å². The molecule has 0 aliphatic carbocycles. The molecule has 0 saturated carbocycles. The molecule has 0 bridgehead atoms. The molecule has 0 aliphatic rings. The molecular formula is C6H11O3P. The predicted molar refractivity (Wildman–Crippen MR) is 38.6 cm³/mol. The van der Waals surface area contributed by atoms with Crippen molar-refractivity contribution in [3.05, 3.63) is 0 Å². The molecule has 0 aliphatic heterocycles. The number of hydrogen-bond donors (Lipinski definition) is 1. The highest BCUT2D eigenvalue weighted by Gasteiger charge is 2.15. The topological polar surface area (TPSA) is 54.4 Å². The lowest BCUT2D eigenvalue weighted by atomic mass is 10.2. The van der Waals surface area contributed by atoms with Gasteiger partial charge in [0.1, 0.15) is 5.66 Å². The monoisotopic (exact) mass is 162 g/mol. The summed E-state index contributed by atoms with van der Waals surface area (Å²) in [7, 11) is -0.271. The molecule has 0 aromatic carbocycles. The maximum atomic E-state index is 10.2. The molecule has 1 unspecified atom stereocenters. The third-order valence-corrected chi connectivity index (χ3v) is 1.98. The summed E-state index contributed by atoms with van der Waals surface area (Å²) in [5, 5.41) is 8.39. The number of carboxylic acid groups (broad SMARTS) is 1. The number of rotatable bonds is 5. The molecule has 0 saturated heterocycles. The summed E-state index contributed by atoms with van der Waals surface area (Å²) in [5.41, 5.74) is -0.694. The van der Waals surface area contributed by atoms with Gasteiger partial charge in [0.15, 0.2) is 8.46 Å². The van der Waals surface area contributed by atoms with Gasteiger partial charge in [-0.2, -0.15) is 0 Å². The molecule has 1 atom stereocenters. The van der Waals surface area contributed by atoms with Crippen LogP contribution in [0.5, 0.6) is 0 Å². The molecule has 0 spiro atoms. The molecule has 10 heavy (non-hydrogen) atoms. The molecule has 0 fully saturated rings. The van der Waals surface area contributed by atoms with Crippen LogP contribution in [-0.2, 0) is 9.36 Å². The SMILES string of the molecule is CCCCC(P=O)C(=O)O. The Bertz CT molecular complexity index is 124. The van der Waals surface area contributed by atoms with Crippen LogP contribution in [0.25, 0.3) is 0 Å². The first-order valence-electron chi connectivity index (χ1n) is 3.27. The Labute approximate surface area is 61.6 Å². The summed E-state index contributed by atoms with van der Waals surface area (Å²) in [6.07, 6.45) is 2.28. The number of unbranched alkanes of at least 4 members (excludes halogenated alkanes) is 1. The van der Waals surface area contributed by atoms with Crippen molar-refractivity contribution in [1.82, 2.24) is 0 Å². The van der Waals surface area contributed by atoms with Crippen molar-refractivity contribution >= 4 is 14.4 Å². The molecule has 0 aromatic heterocycles. The lowest BCUT2D eigenvalue weighted by Crippen LogP contribution is -2.12. The standard InChI is InChI=1S/C6H11O3P/c1-2-3-4-5(10-9)6(7)8/h5H,2-4H2,1H3,(H,7,8). The second kappa shape index (κ2) is 5.36. The van der Waals surface area contributed by atoms with Gasteiger partial charge >= 0.3 is 5.97 Å². The quantitative estimate of drug-likeness (QED) is 0.628. The van der Waals surface area contributed by atoms with Crippen molar-refractivity contribution in [3.63, 3.8) is 0 Å². The minimum Gasteiger partial charge on any atom is -0.480 e. The van der Waals surface area contributed by atoms with Crippen molar-refractivity contribution in [2.75, 3.05) is 0 Å². The average molecular weight is 162 g/mol. The first kappa shape index (κ1) is 9.57. The third kappa shape index (κ3) is 3.57. The fourth-order valence-corrected chi connectivity index (χ4v) is 0.997. The van der Waals surface area contributed by atoms with Gasteiger partial charge in [0.25, 0.3) is 0 Å². The van der Waals surface area contributed by atoms with Crippen molar-refractivity contribution in [2.24, 2.45) is 0 Å². The number of aliphatic carboxylic acids is 1. The molecule has 1 N–H and O–H groups in total. The van der Waals surface area contributed by atoms with Gasteiger partial charge in [-0.05, 0) is 6.42 Å². The number of hydrogen-bond acceptors (Lipinski definition) is 2. The molecule has 4 heteroatoms. The minimum absolute atomic E-state index is 0.271. The average Bonchev–Trinajstić information content (AvgIpc) is 1.89. The zero-order chi connectivity index (χ0) is 7.98. The molecule has 0 aromatic rings. The Balaban J connectivity index is 3.60. The van der Waals surface area contributed by atoms with E-state index in [4.69, 9.17) is 5.11 Å². The number of carbonyl (C=O) groups is 1. The Morgan fingerprint density at radius 3 is 2.60 bits per heavy atom. The van der Waals surface area contributed by atoms with Crippen LogP contribution in [0.4, 0.5) is 0 Å². The Morgan fingerprint density at radius 1 is 1.70 bits per heavy atom. The summed E-state index contributed by atoms with van der Waals surface area (Å²) >= 11 is 0. The van der Waals surface area contributed by atoms with Gasteiger partial charge in [-0.25, -0.2) is 0 Å². The summed E-state index contributed by atoms with van der Waals surface area (Å²) in [6, 6.07) is 0. The van der Waals surface area contributed by atoms with Crippen LogP contribution in [0.1, 0.15) is 26.2 Å². The van der Waals surface area contributed by atoms with Gasteiger partial charge in [-0.15, -0.1) is 0 Å². The minimum atomic E-state index is -0.967. The highest BCUT2D eigenvalue weighted by molar-refractivity contribution is 7.26. The van der Waals surface area contributed by atoms with Crippen LogP contribution in [0.3, 0.4) is 0 Å². The van der Waals surface area contributed by atoms with E-state index in [9.17, 15) is 9.36 Å². The third-order valence-electron chi connectivity index (χ3n) is 1.24. The maximum absolute atomic E-state index is 10.2. The van der Waals surface area contributed by atoms with Crippen molar-refractivity contribution in [1.29, 1.82) is 0 Å². The fraction of sp³-hybridized carbons (Fsp3) is 0.833. The van der Waals surface area contributed by atoms with Crippen LogP contribution in [0.2, 0.25) is 0 Å². The van der Waals surface area contributed by atoms with Crippen LogP contribution >= 0.6 is 8.46 Å². The van der Waals surface area contributed by atoms with E-state index in [-0.39, 0.29) is 8.46 Å². The van der Waals surface area contributed by atoms with E-state index in [1.165, 1.54) is 0 Å². The zero-order valence-electron chi connectivity index (χ0n) is 5.91. The largest absolute Gasteiger partial charge is 0.480 e. The highest BCUT2D eigenvalue weighted by Crippen LogP contribution is 2.13.